The van der Waals surface area contributed by atoms with Crippen LogP contribution in [0, 0.1) is 6.92 Å². The molecule has 120 valence electrons. The third-order valence-electron chi connectivity index (χ3n) is 3.05. The molecule has 2 aromatic rings. The summed E-state index contributed by atoms with van der Waals surface area (Å²) in [6, 6.07) is 5.13. The molecule has 0 saturated heterocycles. The predicted molar refractivity (Wildman–Crippen MR) is 90.6 cm³/mol. The molecule has 1 heterocycles. The number of carbonyl (C=O) groups is 1. The van der Waals surface area contributed by atoms with Gasteiger partial charge in [-0.3, -0.25) is 4.79 Å². The average molecular weight is 333 g/mol. The Morgan fingerprint density at radius 3 is 2.87 bits per heavy atom. The fourth-order valence-corrected chi connectivity index (χ4v) is 2.03. The van der Waals surface area contributed by atoms with Gasteiger partial charge in [0.1, 0.15) is 23.6 Å². The molecular formula is C16H17ClN4O2. The summed E-state index contributed by atoms with van der Waals surface area (Å²) in [5.74, 6) is 0.759. The van der Waals surface area contributed by atoms with E-state index in [4.69, 9.17) is 16.3 Å². The van der Waals surface area contributed by atoms with Crippen molar-refractivity contribution in [2.24, 2.45) is 0 Å². The largest absolute Gasteiger partial charge is 0.495 e. The van der Waals surface area contributed by atoms with E-state index in [1.165, 1.54) is 6.33 Å². The molecule has 2 rings (SSSR count). The quantitative estimate of drug-likeness (QED) is 0.795. The highest BCUT2D eigenvalue weighted by atomic mass is 35.5. The molecule has 0 saturated carbocycles. The molecular weight excluding hydrogens is 316 g/mol. The zero-order valence-corrected chi connectivity index (χ0v) is 13.6. The van der Waals surface area contributed by atoms with Gasteiger partial charge in [-0.1, -0.05) is 17.7 Å². The highest BCUT2D eigenvalue weighted by molar-refractivity contribution is 6.31. The minimum absolute atomic E-state index is 0.258. The van der Waals surface area contributed by atoms with Crippen molar-refractivity contribution in [3.8, 4) is 5.75 Å². The van der Waals surface area contributed by atoms with E-state index in [9.17, 15) is 4.79 Å². The van der Waals surface area contributed by atoms with Crippen LogP contribution in [0.15, 0.2) is 37.2 Å². The molecule has 0 spiro atoms. The van der Waals surface area contributed by atoms with Gasteiger partial charge in [0.2, 0.25) is 0 Å². The van der Waals surface area contributed by atoms with Crippen LogP contribution in [0.5, 0.6) is 5.75 Å². The van der Waals surface area contributed by atoms with E-state index in [1.54, 1.807) is 25.3 Å². The molecule has 1 amide bonds. The Bertz CT molecular complexity index is 734. The lowest BCUT2D eigenvalue weighted by Crippen LogP contribution is -2.24. The smallest absolute Gasteiger partial charge is 0.270 e. The summed E-state index contributed by atoms with van der Waals surface area (Å²) in [5.41, 5.74) is 1.85. The normalized spacial score (nSPS) is 10.0. The fraction of sp³-hybridized carbons (Fsp3) is 0.188. The molecule has 0 aliphatic rings. The molecule has 6 nitrogen and oxygen atoms in total. The molecule has 0 aliphatic carbocycles. The Kier molecular flexibility index (Phi) is 5.54. The summed E-state index contributed by atoms with van der Waals surface area (Å²) in [6.45, 7) is 5.81. The second-order valence-electron chi connectivity index (χ2n) is 4.71. The number of nitrogens with zero attached hydrogens (tertiary/aromatic N) is 2. The van der Waals surface area contributed by atoms with Gasteiger partial charge >= 0.3 is 0 Å². The standard InChI is InChI=1S/C16H17ClN4O2/c1-4-5-18-16(22)13-8-15(20-9-19-13)21-12-6-10(2)11(17)7-14(12)23-3/h4,6-9H,1,5H2,2-3H3,(H,18,22)(H,19,20,21). The van der Waals surface area contributed by atoms with Crippen LogP contribution in [0.2, 0.25) is 5.02 Å². The van der Waals surface area contributed by atoms with Gasteiger partial charge < -0.3 is 15.4 Å². The third-order valence-corrected chi connectivity index (χ3v) is 3.46. The molecule has 0 aliphatic heterocycles. The Balaban J connectivity index is 2.25. The fourth-order valence-electron chi connectivity index (χ4n) is 1.87. The third kappa shape index (κ3) is 4.20. The van der Waals surface area contributed by atoms with Crippen molar-refractivity contribution >= 4 is 29.0 Å². The zero-order valence-electron chi connectivity index (χ0n) is 12.9. The van der Waals surface area contributed by atoms with Crippen molar-refractivity contribution in [2.75, 3.05) is 19.0 Å². The van der Waals surface area contributed by atoms with Crippen LogP contribution in [0.25, 0.3) is 0 Å². The van der Waals surface area contributed by atoms with Crippen molar-refractivity contribution in [3.05, 3.63) is 53.5 Å². The highest BCUT2D eigenvalue weighted by Gasteiger charge is 2.11. The first-order valence-electron chi connectivity index (χ1n) is 6.87. The number of anilines is 2. The summed E-state index contributed by atoms with van der Waals surface area (Å²) in [7, 11) is 1.56. The number of aromatic nitrogens is 2. The van der Waals surface area contributed by atoms with Crippen LogP contribution < -0.4 is 15.4 Å². The van der Waals surface area contributed by atoms with E-state index in [1.807, 2.05) is 13.0 Å². The number of benzene rings is 1. The van der Waals surface area contributed by atoms with Gasteiger partial charge in [-0.05, 0) is 18.6 Å². The first-order chi connectivity index (χ1) is 11.0. The summed E-state index contributed by atoms with van der Waals surface area (Å²) in [6.07, 6.45) is 2.92. The molecule has 0 radical (unpaired) electrons. The van der Waals surface area contributed by atoms with Crippen LogP contribution in [0.4, 0.5) is 11.5 Å². The number of halogens is 1. The topological polar surface area (TPSA) is 76.1 Å². The van der Waals surface area contributed by atoms with Crippen LogP contribution in [0.1, 0.15) is 16.1 Å². The Hall–Kier alpha value is -2.60. The molecule has 2 N–H and O–H groups in total. The number of ether oxygens (including phenoxy) is 1. The first-order valence-corrected chi connectivity index (χ1v) is 7.25. The predicted octanol–water partition coefficient (Wildman–Crippen LogP) is 3.11. The molecule has 1 aromatic carbocycles. The molecule has 7 heteroatoms. The van der Waals surface area contributed by atoms with E-state index >= 15 is 0 Å². The lowest BCUT2D eigenvalue weighted by atomic mass is 10.2. The first kappa shape index (κ1) is 16.8. The van der Waals surface area contributed by atoms with Crippen molar-refractivity contribution in [1.29, 1.82) is 0 Å². The number of hydrogen-bond donors (Lipinski definition) is 2. The molecule has 0 unspecified atom stereocenters. The van der Waals surface area contributed by atoms with Crippen molar-refractivity contribution in [2.45, 2.75) is 6.92 Å². The van der Waals surface area contributed by atoms with Crippen LogP contribution in [-0.4, -0.2) is 29.5 Å². The van der Waals surface area contributed by atoms with Gasteiger partial charge in [0, 0.05) is 23.7 Å². The van der Waals surface area contributed by atoms with Crippen LogP contribution >= 0.6 is 11.6 Å². The molecule has 1 aromatic heterocycles. The molecule has 0 fully saturated rings. The molecule has 0 atom stereocenters. The second-order valence-corrected chi connectivity index (χ2v) is 5.12. The number of hydrogen-bond acceptors (Lipinski definition) is 5. The number of nitrogens with one attached hydrogen (secondary N) is 2. The minimum atomic E-state index is -0.297. The molecule has 23 heavy (non-hydrogen) atoms. The van der Waals surface area contributed by atoms with Gasteiger partial charge in [-0.2, -0.15) is 0 Å². The van der Waals surface area contributed by atoms with Crippen molar-refractivity contribution in [1.82, 2.24) is 15.3 Å². The number of methoxy groups -OCH3 is 1. The monoisotopic (exact) mass is 332 g/mol. The number of aryl methyl sites for hydroxylation is 1. The minimum Gasteiger partial charge on any atom is -0.495 e. The Labute approximate surface area is 139 Å². The maximum absolute atomic E-state index is 11.9. The van der Waals surface area contributed by atoms with E-state index in [0.717, 1.165) is 5.56 Å². The Morgan fingerprint density at radius 1 is 1.39 bits per heavy atom. The Morgan fingerprint density at radius 2 is 2.17 bits per heavy atom. The summed E-state index contributed by atoms with van der Waals surface area (Å²) in [5, 5.41) is 6.38. The van der Waals surface area contributed by atoms with Gasteiger partial charge in [0.25, 0.3) is 5.91 Å². The summed E-state index contributed by atoms with van der Waals surface area (Å²) < 4.78 is 5.30. The van der Waals surface area contributed by atoms with Crippen LogP contribution in [-0.2, 0) is 0 Å². The van der Waals surface area contributed by atoms with Gasteiger partial charge in [0.15, 0.2) is 0 Å². The number of amides is 1. The lowest BCUT2D eigenvalue weighted by Gasteiger charge is -2.13. The van der Waals surface area contributed by atoms with Crippen LogP contribution in [0.3, 0.4) is 0 Å². The molecule has 0 bridgehead atoms. The second kappa shape index (κ2) is 7.60. The van der Waals surface area contributed by atoms with Gasteiger partial charge in [0.05, 0.1) is 12.8 Å². The summed E-state index contributed by atoms with van der Waals surface area (Å²) in [4.78, 5) is 20.0. The highest BCUT2D eigenvalue weighted by Crippen LogP contribution is 2.32. The average Bonchev–Trinajstić information content (AvgIpc) is 2.56. The van der Waals surface area contributed by atoms with Gasteiger partial charge in [-0.15, -0.1) is 6.58 Å². The number of rotatable bonds is 6. The van der Waals surface area contributed by atoms with Crippen molar-refractivity contribution < 1.29 is 9.53 Å². The van der Waals surface area contributed by atoms with Gasteiger partial charge in [-0.25, -0.2) is 9.97 Å². The summed E-state index contributed by atoms with van der Waals surface area (Å²) >= 11 is 6.09. The van der Waals surface area contributed by atoms with E-state index in [-0.39, 0.29) is 11.6 Å². The maximum atomic E-state index is 11.9. The number of carbonyl (C=O) groups excluding carboxylic acids is 1. The van der Waals surface area contributed by atoms with E-state index in [0.29, 0.717) is 28.8 Å². The SMILES string of the molecule is C=CCNC(=O)c1cc(Nc2cc(C)c(Cl)cc2OC)ncn1. The van der Waals surface area contributed by atoms with Crippen molar-refractivity contribution in [3.63, 3.8) is 0 Å². The maximum Gasteiger partial charge on any atom is 0.270 e. The lowest BCUT2D eigenvalue weighted by molar-refractivity contribution is 0.0953. The zero-order chi connectivity index (χ0) is 16.8. The van der Waals surface area contributed by atoms with E-state index < -0.39 is 0 Å². The van der Waals surface area contributed by atoms with E-state index in [2.05, 4.69) is 27.2 Å².